The first-order valence-corrected chi connectivity index (χ1v) is 6.78. The van der Waals surface area contributed by atoms with Gasteiger partial charge in [-0.1, -0.05) is 35.9 Å². The van der Waals surface area contributed by atoms with Crippen molar-refractivity contribution in [1.82, 2.24) is 9.97 Å². The number of nitrogens with one attached hydrogen (secondary N) is 1. The maximum atomic E-state index is 6.18. The van der Waals surface area contributed by atoms with Crippen molar-refractivity contribution in [3.63, 3.8) is 0 Å². The summed E-state index contributed by atoms with van der Waals surface area (Å²) in [6, 6.07) is 13.8. The third-order valence-electron chi connectivity index (χ3n) is 3.27. The lowest BCUT2D eigenvalue weighted by molar-refractivity contribution is 1.21. The first-order chi connectivity index (χ1) is 9.69. The van der Waals surface area contributed by atoms with Gasteiger partial charge >= 0.3 is 0 Å². The van der Waals surface area contributed by atoms with Gasteiger partial charge in [0.15, 0.2) is 5.82 Å². The van der Waals surface area contributed by atoms with Crippen molar-refractivity contribution in [2.45, 2.75) is 6.92 Å². The quantitative estimate of drug-likeness (QED) is 0.762. The molecule has 0 unspecified atom stereocenters. The molecule has 0 bridgehead atoms. The highest BCUT2D eigenvalue weighted by Crippen LogP contribution is 2.27. The van der Waals surface area contributed by atoms with E-state index in [1.807, 2.05) is 56.4 Å². The normalized spacial score (nSPS) is 10.8. The Morgan fingerprint density at radius 1 is 1.05 bits per heavy atom. The van der Waals surface area contributed by atoms with Gasteiger partial charge in [-0.2, -0.15) is 0 Å². The van der Waals surface area contributed by atoms with E-state index in [-0.39, 0.29) is 0 Å². The van der Waals surface area contributed by atoms with Crippen molar-refractivity contribution in [3.8, 4) is 11.4 Å². The van der Waals surface area contributed by atoms with Crippen LogP contribution in [0.3, 0.4) is 0 Å². The van der Waals surface area contributed by atoms with Crippen molar-refractivity contribution in [2.75, 3.05) is 12.4 Å². The molecule has 20 heavy (non-hydrogen) atoms. The van der Waals surface area contributed by atoms with Gasteiger partial charge in [-0.15, -0.1) is 0 Å². The number of nitrogens with zero attached hydrogens (tertiary/aromatic N) is 2. The average Bonchev–Trinajstić information content (AvgIpc) is 2.49. The largest absolute Gasteiger partial charge is 0.373 e. The van der Waals surface area contributed by atoms with E-state index >= 15 is 0 Å². The van der Waals surface area contributed by atoms with Gasteiger partial charge < -0.3 is 5.32 Å². The molecule has 0 saturated heterocycles. The zero-order chi connectivity index (χ0) is 14.1. The summed E-state index contributed by atoms with van der Waals surface area (Å²) in [5, 5.41) is 4.86. The van der Waals surface area contributed by atoms with Crippen molar-refractivity contribution in [3.05, 3.63) is 53.1 Å². The van der Waals surface area contributed by atoms with Crippen LogP contribution < -0.4 is 5.32 Å². The molecule has 1 aromatic heterocycles. The molecule has 0 aliphatic heterocycles. The zero-order valence-electron chi connectivity index (χ0n) is 11.3. The van der Waals surface area contributed by atoms with Crippen LogP contribution in [0, 0.1) is 6.92 Å². The number of rotatable bonds is 2. The Morgan fingerprint density at radius 2 is 1.85 bits per heavy atom. The average molecular weight is 284 g/mol. The van der Waals surface area contributed by atoms with Gasteiger partial charge in [0.05, 0.1) is 5.52 Å². The first kappa shape index (κ1) is 12.9. The van der Waals surface area contributed by atoms with E-state index in [1.54, 1.807) is 0 Å². The van der Waals surface area contributed by atoms with Gasteiger partial charge in [-0.3, -0.25) is 0 Å². The summed E-state index contributed by atoms with van der Waals surface area (Å²) < 4.78 is 0. The van der Waals surface area contributed by atoms with Crippen LogP contribution in [0.1, 0.15) is 5.56 Å². The fourth-order valence-corrected chi connectivity index (χ4v) is 2.31. The highest BCUT2D eigenvalue weighted by Gasteiger charge is 2.09. The highest BCUT2D eigenvalue weighted by atomic mass is 35.5. The Morgan fingerprint density at radius 3 is 2.60 bits per heavy atom. The minimum absolute atomic E-state index is 0.676. The van der Waals surface area contributed by atoms with Gasteiger partial charge in [-0.05, 0) is 30.7 Å². The molecule has 3 aromatic rings. The van der Waals surface area contributed by atoms with Crippen molar-refractivity contribution >= 4 is 28.3 Å². The fourth-order valence-electron chi connectivity index (χ4n) is 2.13. The Bertz CT molecular complexity index is 784. The number of halogens is 1. The summed E-state index contributed by atoms with van der Waals surface area (Å²) in [5.74, 6) is 1.50. The van der Waals surface area contributed by atoms with E-state index in [1.165, 1.54) is 0 Å². The first-order valence-electron chi connectivity index (χ1n) is 6.40. The van der Waals surface area contributed by atoms with Crippen molar-refractivity contribution < 1.29 is 0 Å². The third kappa shape index (κ3) is 2.21. The molecule has 2 aromatic carbocycles. The highest BCUT2D eigenvalue weighted by molar-refractivity contribution is 6.31. The molecule has 0 amide bonds. The lowest BCUT2D eigenvalue weighted by atomic mass is 10.1. The molecule has 0 aliphatic carbocycles. The van der Waals surface area contributed by atoms with E-state index < -0.39 is 0 Å². The SMILES string of the molecule is CNc1nc(-c2ccc(C)c(Cl)c2)nc2ccccc12. The Kier molecular flexibility index (Phi) is 3.28. The third-order valence-corrected chi connectivity index (χ3v) is 3.68. The number of aromatic nitrogens is 2. The van der Waals surface area contributed by atoms with E-state index in [9.17, 15) is 0 Å². The second kappa shape index (κ2) is 5.10. The smallest absolute Gasteiger partial charge is 0.162 e. The predicted octanol–water partition coefficient (Wildman–Crippen LogP) is 4.30. The fraction of sp³-hybridized carbons (Fsp3) is 0.125. The van der Waals surface area contributed by atoms with Crippen molar-refractivity contribution in [2.24, 2.45) is 0 Å². The Labute approximate surface area is 122 Å². The van der Waals surface area contributed by atoms with E-state index in [2.05, 4.69) is 15.3 Å². The molecular formula is C16H14ClN3. The minimum atomic E-state index is 0.676. The number of fused-ring (bicyclic) bond motifs is 1. The van der Waals surface area contributed by atoms with Crippen molar-refractivity contribution in [1.29, 1.82) is 0 Å². The molecule has 4 heteroatoms. The van der Waals surface area contributed by atoms with Gasteiger partial charge in [-0.25, -0.2) is 9.97 Å². The number of anilines is 1. The molecule has 3 rings (SSSR count). The molecule has 0 fully saturated rings. The van der Waals surface area contributed by atoms with E-state index in [0.29, 0.717) is 5.82 Å². The molecule has 100 valence electrons. The molecule has 0 radical (unpaired) electrons. The summed E-state index contributed by atoms with van der Waals surface area (Å²) in [6.45, 7) is 1.98. The van der Waals surface area contributed by atoms with Crippen LogP contribution in [-0.2, 0) is 0 Å². The molecule has 3 nitrogen and oxygen atoms in total. The topological polar surface area (TPSA) is 37.8 Å². The lowest BCUT2D eigenvalue weighted by Crippen LogP contribution is -1.98. The maximum absolute atomic E-state index is 6.18. The van der Waals surface area contributed by atoms with Gasteiger partial charge in [0.25, 0.3) is 0 Å². The summed E-state index contributed by atoms with van der Waals surface area (Å²) in [5.41, 5.74) is 2.88. The number of para-hydroxylation sites is 1. The summed E-state index contributed by atoms with van der Waals surface area (Å²) in [6.07, 6.45) is 0. The molecule has 1 heterocycles. The minimum Gasteiger partial charge on any atom is -0.373 e. The van der Waals surface area contributed by atoms with Crippen LogP contribution in [0.2, 0.25) is 5.02 Å². The number of hydrogen-bond donors (Lipinski definition) is 1. The number of aryl methyl sites for hydroxylation is 1. The standard InChI is InChI=1S/C16H14ClN3/c1-10-7-8-11(9-13(10)17)15-19-14-6-4-3-5-12(14)16(18-2)20-15/h3-9H,1-2H3,(H,18,19,20). The predicted molar refractivity (Wildman–Crippen MR) is 84.3 cm³/mol. The molecule has 0 atom stereocenters. The van der Waals surface area contributed by atoms with Crippen LogP contribution in [0.25, 0.3) is 22.3 Å². The van der Waals surface area contributed by atoms with Crippen LogP contribution in [0.5, 0.6) is 0 Å². The van der Waals surface area contributed by atoms with Crippen LogP contribution in [0.4, 0.5) is 5.82 Å². The molecule has 1 N–H and O–H groups in total. The maximum Gasteiger partial charge on any atom is 0.162 e. The van der Waals surface area contributed by atoms with Gasteiger partial charge in [0.2, 0.25) is 0 Å². The molecular weight excluding hydrogens is 270 g/mol. The zero-order valence-corrected chi connectivity index (χ0v) is 12.1. The van der Waals surface area contributed by atoms with E-state index in [4.69, 9.17) is 11.6 Å². The monoisotopic (exact) mass is 283 g/mol. The Balaban J connectivity index is 2.23. The summed E-state index contributed by atoms with van der Waals surface area (Å²) >= 11 is 6.18. The second-order valence-corrected chi connectivity index (χ2v) is 5.03. The lowest BCUT2D eigenvalue weighted by Gasteiger charge is -2.09. The van der Waals surface area contributed by atoms with E-state index in [0.717, 1.165) is 32.9 Å². The molecule has 0 spiro atoms. The van der Waals surface area contributed by atoms with Crippen LogP contribution in [0.15, 0.2) is 42.5 Å². The number of hydrogen-bond acceptors (Lipinski definition) is 3. The summed E-state index contributed by atoms with van der Waals surface area (Å²) in [4.78, 5) is 9.19. The van der Waals surface area contributed by atoms with Crippen LogP contribution in [-0.4, -0.2) is 17.0 Å². The van der Waals surface area contributed by atoms with Gasteiger partial charge in [0, 0.05) is 23.0 Å². The Hall–Kier alpha value is -2.13. The van der Waals surface area contributed by atoms with Gasteiger partial charge in [0.1, 0.15) is 5.82 Å². The molecule has 0 saturated carbocycles. The summed E-state index contributed by atoms with van der Waals surface area (Å²) in [7, 11) is 1.86. The second-order valence-electron chi connectivity index (χ2n) is 4.63. The number of benzene rings is 2. The molecule has 0 aliphatic rings. The van der Waals surface area contributed by atoms with Crippen LogP contribution >= 0.6 is 11.6 Å².